The molecule has 0 saturated carbocycles. The molecule has 1 amide bonds. The number of hydrogen-bond donors (Lipinski definition) is 1. The Morgan fingerprint density at radius 2 is 1.57 bits per heavy atom. The maximum absolute atomic E-state index is 14.2. The van der Waals surface area contributed by atoms with Crippen molar-refractivity contribution in [3.05, 3.63) is 89.2 Å². The van der Waals surface area contributed by atoms with Crippen LogP contribution in [0.1, 0.15) is 16.7 Å². The van der Waals surface area contributed by atoms with Gasteiger partial charge >= 0.3 is 12.4 Å². The number of carbonyl (C=O) groups excluding carboxylic acids is 1. The Balaban J connectivity index is 1.69. The monoisotopic (exact) mass is 634 g/mol. The highest BCUT2D eigenvalue weighted by Crippen LogP contribution is 2.48. The van der Waals surface area contributed by atoms with Crippen LogP contribution >= 0.6 is 11.8 Å². The average molecular weight is 635 g/mol. The standard InChI is InChI=1S/C27H21F7N2O4S2/c28-20-6-1-2-7-22(20)42(38,39)35-18-4-3-5-19(16-18)41-21-10-8-17(9-11-23(37)36-12-14-40-15-13-36)24(26(29,30)31)25(21)27(32,33)34/h1-11,16,35H,12-15H2/b11-9+. The van der Waals surface area contributed by atoms with Gasteiger partial charge in [0.05, 0.1) is 24.3 Å². The maximum atomic E-state index is 14.2. The molecule has 0 spiro atoms. The molecule has 0 atom stereocenters. The lowest BCUT2D eigenvalue weighted by atomic mass is 9.99. The molecule has 3 aromatic rings. The van der Waals surface area contributed by atoms with Gasteiger partial charge in [0.1, 0.15) is 10.7 Å². The van der Waals surface area contributed by atoms with Crippen LogP contribution < -0.4 is 4.72 Å². The van der Waals surface area contributed by atoms with E-state index >= 15 is 0 Å². The summed E-state index contributed by atoms with van der Waals surface area (Å²) < 4.78 is 131. The number of amides is 1. The number of rotatable bonds is 7. The second-order valence-electron chi connectivity index (χ2n) is 8.84. The molecule has 0 aliphatic carbocycles. The highest BCUT2D eigenvalue weighted by atomic mass is 32.2. The number of halogens is 7. The molecule has 42 heavy (non-hydrogen) atoms. The molecule has 15 heteroatoms. The molecule has 1 aliphatic rings. The van der Waals surface area contributed by atoms with Crippen molar-refractivity contribution < 1.29 is 48.7 Å². The Morgan fingerprint density at radius 3 is 2.21 bits per heavy atom. The number of nitrogens with one attached hydrogen (secondary N) is 1. The maximum Gasteiger partial charge on any atom is 0.418 e. The SMILES string of the molecule is O=C(/C=C/c1ccc(Sc2cccc(NS(=O)(=O)c3ccccc3F)c2)c(C(F)(F)F)c1C(F)(F)F)N1CCOCC1. The highest BCUT2D eigenvalue weighted by Gasteiger charge is 2.46. The molecule has 0 unspecified atom stereocenters. The van der Waals surface area contributed by atoms with Gasteiger partial charge in [-0.15, -0.1) is 0 Å². The summed E-state index contributed by atoms with van der Waals surface area (Å²) in [5, 5.41) is 0. The molecule has 6 nitrogen and oxygen atoms in total. The summed E-state index contributed by atoms with van der Waals surface area (Å²) in [4.78, 5) is 12.2. The minimum Gasteiger partial charge on any atom is -0.378 e. The van der Waals surface area contributed by atoms with Gasteiger partial charge in [-0.25, -0.2) is 12.8 Å². The number of ether oxygens (including phenoxy) is 1. The molecule has 4 rings (SSSR count). The van der Waals surface area contributed by atoms with E-state index in [9.17, 15) is 43.9 Å². The lowest BCUT2D eigenvalue weighted by Gasteiger charge is -2.25. The molecule has 224 valence electrons. The van der Waals surface area contributed by atoms with Crippen LogP contribution in [0.4, 0.5) is 36.4 Å². The first-order valence-corrected chi connectivity index (χ1v) is 14.4. The van der Waals surface area contributed by atoms with Crippen molar-refractivity contribution in [2.24, 2.45) is 0 Å². The summed E-state index contributed by atoms with van der Waals surface area (Å²) >= 11 is 0.324. The van der Waals surface area contributed by atoms with E-state index in [0.717, 1.165) is 36.4 Å². The van der Waals surface area contributed by atoms with Gasteiger partial charge in [-0.3, -0.25) is 9.52 Å². The number of alkyl halides is 6. The summed E-state index contributed by atoms with van der Waals surface area (Å²) in [6, 6.07) is 11.1. The second kappa shape index (κ2) is 12.4. The Bertz CT molecular complexity index is 1600. The number of morpholine rings is 1. The van der Waals surface area contributed by atoms with Gasteiger partial charge in [0, 0.05) is 34.6 Å². The average Bonchev–Trinajstić information content (AvgIpc) is 2.91. The quantitative estimate of drug-likeness (QED) is 0.232. The van der Waals surface area contributed by atoms with Crippen molar-refractivity contribution in [2.75, 3.05) is 31.0 Å². The fourth-order valence-corrected chi connectivity index (χ4v) is 6.26. The Morgan fingerprint density at radius 1 is 0.905 bits per heavy atom. The van der Waals surface area contributed by atoms with Crippen LogP contribution in [0.3, 0.4) is 0 Å². The van der Waals surface area contributed by atoms with Crippen LogP contribution in [-0.4, -0.2) is 45.5 Å². The Hall–Kier alpha value is -3.56. The second-order valence-corrected chi connectivity index (χ2v) is 11.6. The largest absolute Gasteiger partial charge is 0.418 e. The smallest absolute Gasteiger partial charge is 0.378 e. The van der Waals surface area contributed by atoms with Crippen LogP contribution in [0.5, 0.6) is 0 Å². The molecule has 3 aromatic carbocycles. The van der Waals surface area contributed by atoms with E-state index in [4.69, 9.17) is 4.74 Å². The first-order valence-electron chi connectivity index (χ1n) is 12.1. The number of anilines is 1. The zero-order chi connectivity index (χ0) is 30.7. The third kappa shape index (κ3) is 7.44. The van der Waals surface area contributed by atoms with E-state index in [1.807, 2.05) is 0 Å². The molecule has 0 bridgehead atoms. The van der Waals surface area contributed by atoms with Gasteiger partial charge < -0.3 is 9.64 Å². The van der Waals surface area contributed by atoms with Gasteiger partial charge in [0.15, 0.2) is 0 Å². The van der Waals surface area contributed by atoms with Crippen molar-refractivity contribution in [2.45, 2.75) is 27.0 Å². The van der Waals surface area contributed by atoms with E-state index in [1.165, 1.54) is 35.2 Å². The van der Waals surface area contributed by atoms with Gasteiger partial charge in [-0.05, 0) is 48.0 Å². The minimum absolute atomic E-state index is 0.0341. The molecule has 0 aromatic heterocycles. The van der Waals surface area contributed by atoms with Crippen molar-refractivity contribution in [3.63, 3.8) is 0 Å². The molecular formula is C27H21F7N2O4S2. The van der Waals surface area contributed by atoms with Crippen LogP contribution in [0, 0.1) is 5.82 Å². The molecule has 1 saturated heterocycles. The van der Waals surface area contributed by atoms with E-state index < -0.39 is 60.6 Å². The summed E-state index contributed by atoms with van der Waals surface area (Å²) in [6.07, 6.45) is -9.41. The normalized spacial score (nSPS) is 14.8. The van der Waals surface area contributed by atoms with E-state index in [0.29, 0.717) is 17.8 Å². The predicted octanol–water partition coefficient (Wildman–Crippen LogP) is 6.69. The van der Waals surface area contributed by atoms with Crippen LogP contribution in [-0.2, 0) is 31.9 Å². The number of hydrogen-bond acceptors (Lipinski definition) is 5. The molecule has 1 heterocycles. The van der Waals surface area contributed by atoms with E-state index in [1.54, 1.807) is 0 Å². The Kier molecular flexibility index (Phi) is 9.23. The van der Waals surface area contributed by atoms with Crippen molar-refractivity contribution in [1.82, 2.24) is 4.90 Å². The summed E-state index contributed by atoms with van der Waals surface area (Å²) in [5.41, 5.74) is -4.94. The predicted molar refractivity (Wildman–Crippen MR) is 141 cm³/mol. The third-order valence-corrected chi connectivity index (χ3v) is 8.40. The van der Waals surface area contributed by atoms with Crippen LogP contribution in [0.25, 0.3) is 6.08 Å². The third-order valence-electron chi connectivity index (χ3n) is 5.93. The van der Waals surface area contributed by atoms with Gasteiger partial charge in [-0.1, -0.05) is 36.0 Å². The van der Waals surface area contributed by atoms with Crippen molar-refractivity contribution >= 4 is 39.5 Å². The van der Waals surface area contributed by atoms with Gasteiger partial charge in [0.2, 0.25) is 5.91 Å². The fourth-order valence-electron chi connectivity index (χ4n) is 4.08. The van der Waals surface area contributed by atoms with E-state index in [-0.39, 0.29) is 36.9 Å². The van der Waals surface area contributed by atoms with Gasteiger partial charge in [0.25, 0.3) is 10.0 Å². The number of nitrogens with zero attached hydrogens (tertiary/aromatic N) is 1. The minimum atomic E-state index is -5.45. The summed E-state index contributed by atoms with van der Waals surface area (Å²) in [6.45, 7) is 0.828. The summed E-state index contributed by atoms with van der Waals surface area (Å²) in [7, 11) is -4.43. The number of sulfonamides is 1. The number of benzene rings is 3. The van der Waals surface area contributed by atoms with E-state index in [2.05, 4.69) is 4.72 Å². The number of carbonyl (C=O) groups is 1. The summed E-state index contributed by atoms with van der Waals surface area (Å²) in [5.74, 6) is -1.71. The molecule has 1 fully saturated rings. The van der Waals surface area contributed by atoms with Crippen molar-refractivity contribution in [1.29, 1.82) is 0 Å². The topological polar surface area (TPSA) is 75.7 Å². The molecular weight excluding hydrogens is 613 g/mol. The fraction of sp³-hybridized carbons (Fsp3) is 0.222. The van der Waals surface area contributed by atoms with Crippen molar-refractivity contribution in [3.8, 4) is 0 Å². The van der Waals surface area contributed by atoms with Crippen LogP contribution in [0.2, 0.25) is 0 Å². The van der Waals surface area contributed by atoms with Crippen LogP contribution in [0.15, 0.2) is 81.4 Å². The molecule has 0 radical (unpaired) electrons. The van der Waals surface area contributed by atoms with Gasteiger partial charge in [-0.2, -0.15) is 26.3 Å². The highest BCUT2D eigenvalue weighted by molar-refractivity contribution is 7.99. The zero-order valence-corrected chi connectivity index (χ0v) is 22.9. The Labute approximate surface area is 240 Å². The lowest BCUT2D eigenvalue weighted by Crippen LogP contribution is -2.39. The molecule has 1 aliphatic heterocycles. The lowest BCUT2D eigenvalue weighted by molar-refractivity contribution is -0.163. The first-order chi connectivity index (χ1) is 19.7. The first kappa shape index (κ1) is 31.4. The zero-order valence-electron chi connectivity index (χ0n) is 21.3. The molecule has 1 N–H and O–H groups in total.